The average Bonchev–Trinajstić information content (AvgIpc) is 2.65. The lowest BCUT2D eigenvalue weighted by Gasteiger charge is -2.10. The zero-order valence-electron chi connectivity index (χ0n) is 13.8. The summed E-state index contributed by atoms with van der Waals surface area (Å²) in [6.07, 6.45) is 2.77. The van der Waals surface area contributed by atoms with Crippen molar-refractivity contribution in [3.8, 4) is 22.8 Å². The second kappa shape index (κ2) is 6.07. The fourth-order valence-electron chi connectivity index (χ4n) is 2.78. The number of aromatic hydroxyl groups is 1. The molecule has 0 atom stereocenters. The Morgan fingerprint density at radius 3 is 2.65 bits per heavy atom. The zero-order valence-corrected chi connectivity index (χ0v) is 13.8. The minimum Gasteiger partial charge on any atom is -0.503 e. The van der Waals surface area contributed by atoms with Gasteiger partial charge in [-0.2, -0.15) is 0 Å². The van der Waals surface area contributed by atoms with Gasteiger partial charge < -0.3 is 9.67 Å². The van der Waals surface area contributed by atoms with Crippen molar-refractivity contribution in [3.05, 3.63) is 82.7 Å². The predicted molar refractivity (Wildman–Crippen MR) is 96.9 cm³/mol. The number of hydrogen-bond donors (Lipinski definition) is 1. The topological polar surface area (TPSA) is 68.0 Å². The molecule has 4 rings (SSSR count). The molecule has 0 aliphatic rings. The molecule has 0 fully saturated rings. The van der Waals surface area contributed by atoms with Gasteiger partial charge in [-0.05, 0) is 31.2 Å². The van der Waals surface area contributed by atoms with E-state index < -0.39 is 11.2 Å². The molecule has 128 valence electrons. The highest BCUT2D eigenvalue weighted by Gasteiger charge is 2.13. The molecule has 5 nitrogen and oxygen atoms in total. The van der Waals surface area contributed by atoms with Gasteiger partial charge in [0.25, 0.3) is 0 Å². The summed E-state index contributed by atoms with van der Waals surface area (Å²) in [6.45, 7) is 1.81. The van der Waals surface area contributed by atoms with E-state index in [0.29, 0.717) is 22.6 Å². The minimum atomic E-state index is -0.473. The molecule has 0 saturated carbocycles. The third-order valence-electron chi connectivity index (χ3n) is 4.11. The van der Waals surface area contributed by atoms with Crippen molar-refractivity contribution < 1.29 is 9.50 Å². The molecular weight excluding hydrogens is 333 g/mol. The number of aromatic nitrogens is 3. The van der Waals surface area contributed by atoms with E-state index in [0.717, 1.165) is 11.1 Å². The molecule has 4 aromatic rings. The van der Waals surface area contributed by atoms with Gasteiger partial charge in [-0.3, -0.25) is 9.78 Å². The molecule has 0 amide bonds. The third-order valence-corrected chi connectivity index (χ3v) is 4.11. The fourth-order valence-corrected chi connectivity index (χ4v) is 2.78. The Hall–Kier alpha value is -3.54. The summed E-state index contributed by atoms with van der Waals surface area (Å²) < 4.78 is 16.5. The minimum absolute atomic E-state index is 0.302. The highest BCUT2D eigenvalue weighted by atomic mass is 19.1. The van der Waals surface area contributed by atoms with Crippen molar-refractivity contribution in [2.75, 3.05) is 0 Å². The van der Waals surface area contributed by atoms with Gasteiger partial charge in [0.1, 0.15) is 11.3 Å². The van der Waals surface area contributed by atoms with E-state index in [-0.39, 0.29) is 5.75 Å². The molecule has 0 radical (unpaired) electrons. The van der Waals surface area contributed by atoms with Crippen LogP contribution in [0.15, 0.2) is 65.7 Å². The quantitative estimate of drug-likeness (QED) is 0.602. The summed E-state index contributed by atoms with van der Waals surface area (Å²) in [7, 11) is 0. The smallest absolute Gasteiger partial charge is 0.223 e. The molecule has 0 bridgehead atoms. The Morgan fingerprint density at radius 1 is 1.04 bits per heavy atom. The zero-order chi connectivity index (χ0) is 18.3. The van der Waals surface area contributed by atoms with Gasteiger partial charge in [0.2, 0.25) is 5.43 Å². The van der Waals surface area contributed by atoms with Gasteiger partial charge >= 0.3 is 0 Å². The number of halogens is 1. The number of benzene rings is 1. The van der Waals surface area contributed by atoms with Gasteiger partial charge in [-0.15, -0.1) is 0 Å². The first-order chi connectivity index (χ1) is 12.5. The first kappa shape index (κ1) is 16.0. The van der Waals surface area contributed by atoms with E-state index in [1.165, 1.54) is 23.0 Å². The Morgan fingerprint density at radius 2 is 1.85 bits per heavy atom. The molecule has 0 saturated heterocycles. The lowest BCUT2D eigenvalue weighted by molar-refractivity contribution is 0.465. The molecule has 1 N–H and O–H groups in total. The van der Waals surface area contributed by atoms with Crippen LogP contribution in [0.2, 0.25) is 0 Å². The van der Waals surface area contributed by atoms with Crippen LogP contribution in [0.3, 0.4) is 0 Å². The van der Waals surface area contributed by atoms with Crippen LogP contribution in [0.5, 0.6) is 5.75 Å². The van der Waals surface area contributed by atoms with E-state index in [9.17, 15) is 14.3 Å². The van der Waals surface area contributed by atoms with Crippen LogP contribution in [0.25, 0.3) is 28.0 Å². The average molecular weight is 347 g/mol. The highest BCUT2D eigenvalue weighted by molar-refractivity contribution is 5.84. The molecule has 0 aliphatic heterocycles. The first-order valence-corrected chi connectivity index (χ1v) is 7.98. The maximum atomic E-state index is 15.0. The van der Waals surface area contributed by atoms with E-state index >= 15 is 0 Å². The molecule has 1 aromatic carbocycles. The first-order valence-electron chi connectivity index (χ1n) is 7.98. The maximum Gasteiger partial charge on any atom is 0.223 e. The van der Waals surface area contributed by atoms with Crippen molar-refractivity contribution in [3.63, 3.8) is 0 Å². The van der Waals surface area contributed by atoms with E-state index in [4.69, 9.17) is 0 Å². The normalized spacial score (nSPS) is 11.0. The number of pyridine rings is 3. The number of nitrogens with zero attached hydrogens (tertiary/aromatic N) is 3. The van der Waals surface area contributed by atoms with Crippen molar-refractivity contribution in [2.24, 2.45) is 0 Å². The highest BCUT2D eigenvalue weighted by Crippen LogP contribution is 2.27. The molecule has 0 unspecified atom stereocenters. The van der Waals surface area contributed by atoms with E-state index in [2.05, 4.69) is 9.97 Å². The molecule has 6 heteroatoms. The molecule has 0 aliphatic carbocycles. The van der Waals surface area contributed by atoms with Crippen LogP contribution in [0.4, 0.5) is 4.39 Å². The number of rotatable bonds is 2. The van der Waals surface area contributed by atoms with Crippen LogP contribution in [-0.4, -0.2) is 19.6 Å². The summed E-state index contributed by atoms with van der Waals surface area (Å²) in [5.41, 5.74) is 1.33. The Kier molecular flexibility index (Phi) is 3.73. The maximum absolute atomic E-state index is 15.0. The molecule has 3 aromatic heterocycles. The second-order valence-electron chi connectivity index (χ2n) is 5.93. The van der Waals surface area contributed by atoms with Gasteiger partial charge in [0, 0.05) is 28.9 Å². The summed E-state index contributed by atoms with van der Waals surface area (Å²) >= 11 is 0. The van der Waals surface area contributed by atoms with Crippen LogP contribution >= 0.6 is 0 Å². The largest absolute Gasteiger partial charge is 0.503 e. The van der Waals surface area contributed by atoms with Crippen LogP contribution in [-0.2, 0) is 0 Å². The lowest BCUT2D eigenvalue weighted by Crippen LogP contribution is -2.05. The van der Waals surface area contributed by atoms with E-state index in [1.807, 2.05) is 19.1 Å². The summed E-state index contributed by atoms with van der Waals surface area (Å²) in [5, 5.41) is 10.3. The molecule has 26 heavy (non-hydrogen) atoms. The SMILES string of the molecule is Cc1ccc2ccc(-c3cccc(-n4ccc(=O)c(O)c4)n3)c(F)c2n1. The second-order valence-corrected chi connectivity index (χ2v) is 5.93. The molecular formula is C20H14FN3O2. The van der Waals surface area contributed by atoms with Crippen LogP contribution < -0.4 is 5.43 Å². The lowest BCUT2D eigenvalue weighted by atomic mass is 10.1. The number of aryl methyl sites for hydroxylation is 1. The number of hydrogen-bond acceptors (Lipinski definition) is 4. The summed E-state index contributed by atoms with van der Waals surface area (Å²) in [4.78, 5) is 20.1. The monoisotopic (exact) mass is 347 g/mol. The summed E-state index contributed by atoms with van der Waals surface area (Å²) in [6, 6.07) is 13.5. The van der Waals surface area contributed by atoms with Gasteiger partial charge in [0.15, 0.2) is 11.6 Å². The van der Waals surface area contributed by atoms with Crippen molar-refractivity contribution >= 4 is 10.9 Å². The van der Waals surface area contributed by atoms with Crippen molar-refractivity contribution in [2.45, 2.75) is 6.92 Å². The molecule has 3 heterocycles. The van der Waals surface area contributed by atoms with Crippen molar-refractivity contribution in [1.82, 2.24) is 14.5 Å². The Bertz CT molecular complexity index is 1200. The standard InChI is InChI=1S/C20H14FN3O2/c1-12-5-6-13-7-8-14(19(21)20(13)22-12)15-3-2-4-18(23-15)24-10-9-16(25)17(26)11-24/h2-11,26H,1H3. The predicted octanol–water partition coefficient (Wildman–Crippen LogP) is 3.60. The third kappa shape index (κ3) is 2.71. The fraction of sp³-hybridized carbons (Fsp3) is 0.0500. The summed E-state index contributed by atoms with van der Waals surface area (Å²) in [5.74, 6) is -0.357. The molecule has 0 spiro atoms. The Balaban J connectivity index is 1.86. The van der Waals surface area contributed by atoms with Gasteiger partial charge in [0.05, 0.1) is 11.9 Å². The van der Waals surface area contributed by atoms with Gasteiger partial charge in [-0.25, -0.2) is 9.37 Å². The Labute approximate surface area is 148 Å². The van der Waals surface area contributed by atoms with Gasteiger partial charge in [-0.1, -0.05) is 18.2 Å². The van der Waals surface area contributed by atoms with E-state index in [1.54, 1.807) is 30.3 Å². The van der Waals surface area contributed by atoms with Crippen molar-refractivity contribution in [1.29, 1.82) is 0 Å². The number of fused-ring (bicyclic) bond motifs is 1. The van der Waals surface area contributed by atoms with Crippen LogP contribution in [0.1, 0.15) is 5.69 Å². The van der Waals surface area contributed by atoms with Crippen LogP contribution in [0, 0.1) is 12.7 Å².